The lowest BCUT2D eigenvalue weighted by molar-refractivity contribution is 0.598. The Balaban J connectivity index is 0.000000686. The van der Waals surface area contributed by atoms with Gasteiger partial charge in [0.05, 0.1) is 11.0 Å². The Morgan fingerprint density at radius 2 is 1.94 bits per heavy atom. The van der Waals surface area contributed by atoms with Crippen LogP contribution in [0, 0.1) is 0 Å². The average Bonchev–Trinajstić information content (AvgIpc) is 2.66. The molecule has 17 heavy (non-hydrogen) atoms. The fraction of sp³-hybridized carbons (Fsp3) is 0.500. The second-order valence-electron chi connectivity index (χ2n) is 4.10. The molecule has 94 valence electrons. The molecule has 0 aliphatic heterocycles. The first-order chi connectivity index (χ1) is 8.13. The van der Waals surface area contributed by atoms with Crippen LogP contribution in [0.2, 0.25) is 0 Å². The highest BCUT2D eigenvalue weighted by atomic mass is 16.1. The van der Waals surface area contributed by atoms with Crippen molar-refractivity contribution in [2.75, 3.05) is 0 Å². The molecule has 0 aliphatic rings. The molecule has 0 saturated heterocycles. The van der Waals surface area contributed by atoms with Gasteiger partial charge in [-0.3, -0.25) is 4.57 Å². The maximum atomic E-state index is 11.7. The number of imidazole rings is 1. The third-order valence-electron chi connectivity index (χ3n) is 2.71. The van der Waals surface area contributed by atoms with Crippen molar-refractivity contribution in [2.24, 2.45) is 0 Å². The molecule has 1 N–H and O–H groups in total. The Hall–Kier alpha value is -1.51. The molecule has 0 amide bonds. The van der Waals surface area contributed by atoms with Gasteiger partial charge in [0.25, 0.3) is 0 Å². The van der Waals surface area contributed by atoms with Crippen molar-refractivity contribution < 1.29 is 0 Å². The minimum absolute atomic E-state index is 0.0201. The first-order valence-corrected chi connectivity index (χ1v) is 6.36. The predicted molar refractivity (Wildman–Crippen MR) is 73.7 cm³/mol. The van der Waals surface area contributed by atoms with Gasteiger partial charge in [0, 0.05) is 6.04 Å². The molecule has 3 heteroatoms. The molecule has 0 atom stereocenters. The molecular formula is C14H22N2O. The SMILES string of the molecule is CC.CCc1ccc2[nH]c(=O)n(C(C)C)c2c1. The maximum Gasteiger partial charge on any atom is 0.326 e. The minimum Gasteiger partial charge on any atom is -0.306 e. The topological polar surface area (TPSA) is 37.8 Å². The number of aromatic amines is 1. The number of hydrogen-bond donors (Lipinski definition) is 1. The number of nitrogens with zero attached hydrogens (tertiary/aromatic N) is 1. The third kappa shape index (κ3) is 2.60. The summed E-state index contributed by atoms with van der Waals surface area (Å²) in [6.07, 6.45) is 0.993. The quantitative estimate of drug-likeness (QED) is 0.848. The van der Waals surface area contributed by atoms with Gasteiger partial charge in [-0.2, -0.15) is 0 Å². The second-order valence-corrected chi connectivity index (χ2v) is 4.10. The van der Waals surface area contributed by atoms with E-state index in [1.165, 1.54) is 5.56 Å². The van der Waals surface area contributed by atoms with Crippen molar-refractivity contribution in [1.82, 2.24) is 9.55 Å². The Morgan fingerprint density at radius 1 is 1.29 bits per heavy atom. The van der Waals surface area contributed by atoms with Gasteiger partial charge in [-0.25, -0.2) is 4.79 Å². The van der Waals surface area contributed by atoms with Crippen LogP contribution >= 0.6 is 0 Å². The second kappa shape index (κ2) is 5.71. The summed E-state index contributed by atoms with van der Waals surface area (Å²) in [7, 11) is 0. The Kier molecular flexibility index (Phi) is 4.55. The van der Waals surface area contributed by atoms with E-state index >= 15 is 0 Å². The summed E-state index contributed by atoms with van der Waals surface area (Å²) in [5, 5.41) is 0. The molecule has 1 aromatic carbocycles. The highest BCUT2D eigenvalue weighted by Crippen LogP contribution is 2.16. The van der Waals surface area contributed by atoms with Gasteiger partial charge in [0.1, 0.15) is 0 Å². The van der Waals surface area contributed by atoms with Crippen LogP contribution in [-0.4, -0.2) is 9.55 Å². The van der Waals surface area contributed by atoms with E-state index in [1.807, 2.05) is 33.8 Å². The fourth-order valence-electron chi connectivity index (χ4n) is 1.90. The van der Waals surface area contributed by atoms with E-state index in [0.717, 1.165) is 17.5 Å². The lowest BCUT2D eigenvalue weighted by Crippen LogP contribution is -2.18. The van der Waals surface area contributed by atoms with Crippen LogP contribution in [0.25, 0.3) is 11.0 Å². The number of aromatic nitrogens is 2. The van der Waals surface area contributed by atoms with Gasteiger partial charge < -0.3 is 4.98 Å². The third-order valence-corrected chi connectivity index (χ3v) is 2.71. The number of rotatable bonds is 2. The van der Waals surface area contributed by atoms with Crippen LogP contribution in [0.3, 0.4) is 0 Å². The normalized spacial score (nSPS) is 10.5. The van der Waals surface area contributed by atoms with E-state index in [4.69, 9.17) is 0 Å². The fourth-order valence-corrected chi connectivity index (χ4v) is 1.90. The van der Waals surface area contributed by atoms with Gasteiger partial charge >= 0.3 is 5.69 Å². The van der Waals surface area contributed by atoms with Crippen molar-refractivity contribution in [1.29, 1.82) is 0 Å². The molecule has 0 radical (unpaired) electrons. The molecule has 1 aromatic heterocycles. The lowest BCUT2D eigenvalue weighted by Gasteiger charge is -2.07. The van der Waals surface area contributed by atoms with Crippen molar-refractivity contribution >= 4 is 11.0 Å². The molecule has 2 rings (SSSR count). The van der Waals surface area contributed by atoms with Crippen LogP contribution < -0.4 is 5.69 Å². The Bertz CT molecular complexity index is 535. The summed E-state index contributed by atoms with van der Waals surface area (Å²) in [4.78, 5) is 14.6. The summed E-state index contributed by atoms with van der Waals surface area (Å²) in [5.41, 5.74) is 3.17. The summed E-state index contributed by atoms with van der Waals surface area (Å²) in [6.45, 7) is 10.2. The molecule has 2 aromatic rings. The van der Waals surface area contributed by atoms with E-state index in [-0.39, 0.29) is 11.7 Å². The Labute approximate surface area is 102 Å². The Morgan fingerprint density at radius 3 is 2.47 bits per heavy atom. The molecule has 0 saturated carbocycles. The van der Waals surface area contributed by atoms with E-state index in [2.05, 4.69) is 24.0 Å². The van der Waals surface area contributed by atoms with Crippen LogP contribution in [0.4, 0.5) is 0 Å². The van der Waals surface area contributed by atoms with Gasteiger partial charge in [0.15, 0.2) is 0 Å². The smallest absolute Gasteiger partial charge is 0.306 e. The molecule has 0 unspecified atom stereocenters. The molecular weight excluding hydrogens is 212 g/mol. The average molecular weight is 234 g/mol. The van der Waals surface area contributed by atoms with Gasteiger partial charge in [-0.05, 0) is 38.0 Å². The van der Waals surface area contributed by atoms with Gasteiger partial charge in [0.2, 0.25) is 0 Å². The number of benzene rings is 1. The number of aryl methyl sites for hydroxylation is 1. The predicted octanol–water partition coefficient (Wildman–Crippen LogP) is 3.50. The number of nitrogens with one attached hydrogen (secondary N) is 1. The highest BCUT2D eigenvalue weighted by molar-refractivity contribution is 5.76. The molecule has 0 spiro atoms. The van der Waals surface area contributed by atoms with Gasteiger partial charge in [-0.1, -0.05) is 26.8 Å². The zero-order chi connectivity index (χ0) is 13.0. The molecule has 0 bridgehead atoms. The van der Waals surface area contributed by atoms with Crippen LogP contribution in [0.1, 0.15) is 46.2 Å². The molecule has 0 fully saturated rings. The number of fused-ring (bicyclic) bond motifs is 1. The molecule has 1 heterocycles. The van der Waals surface area contributed by atoms with E-state index in [0.29, 0.717) is 0 Å². The van der Waals surface area contributed by atoms with E-state index in [9.17, 15) is 4.79 Å². The highest BCUT2D eigenvalue weighted by Gasteiger charge is 2.09. The largest absolute Gasteiger partial charge is 0.326 e. The first kappa shape index (κ1) is 13.6. The standard InChI is InChI=1S/C12H16N2O.C2H6/c1-4-9-5-6-10-11(7-9)14(8(2)3)12(15)13-10;1-2/h5-8H,4H2,1-3H3,(H,13,15);1-2H3. The van der Waals surface area contributed by atoms with Crippen molar-refractivity contribution in [2.45, 2.75) is 47.1 Å². The van der Waals surface area contributed by atoms with Crippen molar-refractivity contribution in [3.8, 4) is 0 Å². The van der Waals surface area contributed by atoms with E-state index < -0.39 is 0 Å². The van der Waals surface area contributed by atoms with Crippen LogP contribution in [0.5, 0.6) is 0 Å². The van der Waals surface area contributed by atoms with Crippen LogP contribution in [0.15, 0.2) is 23.0 Å². The molecule has 0 aliphatic carbocycles. The maximum absolute atomic E-state index is 11.7. The zero-order valence-electron chi connectivity index (χ0n) is 11.4. The van der Waals surface area contributed by atoms with Crippen molar-refractivity contribution in [3.63, 3.8) is 0 Å². The summed E-state index contributed by atoms with van der Waals surface area (Å²) in [5.74, 6) is 0. The summed E-state index contributed by atoms with van der Waals surface area (Å²) < 4.78 is 1.80. The van der Waals surface area contributed by atoms with Gasteiger partial charge in [-0.15, -0.1) is 0 Å². The first-order valence-electron chi connectivity index (χ1n) is 6.36. The summed E-state index contributed by atoms with van der Waals surface area (Å²) in [6, 6.07) is 6.32. The monoisotopic (exact) mass is 234 g/mol. The lowest BCUT2D eigenvalue weighted by atomic mass is 10.1. The van der Waals surface area contributed by atoms with Crippen LogP contribution in [-0.2, 0) is 6.42 Å². The summed E-state index contributed by atoms with van der Waals surface area (Å²) >= 11 is 0. The number of hydrogen-bond acceptors (Lipinski definition) is 1. The molecule has 3 nitrogen and oxygen atoms in total. The number of H-pyrrole nitrogens is 1. The minimum atomic E-state index is -0.0201. The van der Waals surface area contributed by atoms with Crippen molar-refractivity contribution in [3.05, 3.63) is 34.2 Å². The van der Waals surface area contributed by atoms with E-state index in [1.54, 1.807) is 4.57 Å². The zero-order valence-corrected chi connectivity index (χ0v) is 11.4.